The van der Waals surface area contributed by atoms with Gasteiger partial charge < -0.3 is 4.74 Å². The Balaban J connectivity index is 0.00000187. The number of aryl methyl sites for hydroxylation is 1. The van der Waals surface area contributed by atoms with Gasteiger partial charge in [0.15, 0.2) is 0 Å². The van der Waals surface area contributed by atoms with Crippen LogP contribution in [-0.4, -0.2) is 35.0 Å². The van der Waals surface area contributed by atoms with E-state index in [0.29, 0.717) is 16.3 Å². The van der Waals surface area contributed by atoms with E-state index in [2.05, 4.69) is 0 Å². The zero-order chi connectivity index (χ0) is 25.1. The van der Waals surface area contributed by atoms with Crippen molar-refractivity contribution in [2.75, 3.05) is 4.90 Å². The van der Waals surface area contributed by atoms with E-state index >= 15 is 0 Å². The minimum atomic E-state index is -0.838. The van der Waals surface area contributed by atoms with Crippen LogP contribution in [0.3, 0.4) is 0 Å². The second-order valence-electron chi connectivity index (χ2n) is 8.56. The largest absolute Gasteiger partial charge is 0.460 e. The van der Waals surface area contributed by atoms with Crippen molar-refractivity contribution in [2.24, 2.45) is 4.99 Å². The van der Waals surface area contributed by atoms with E-state index in [4.69, 9.17) is 20.5 Å². The lowest BCUT2D eigenvalue weighted by Crippen LogP contribution is -2.41. The molecule has 2 N–H and O–H groups in total. The molecule has 8 heteroatoms. The van der Waals surface area contributed by atoms with Crippen molar-refractivity contribution < 1.29 is 13.9 Å². The van der Waals surface area contributed by atoms with Crippen LogP contribution in [0, 0.1) is 30.5 Å². The van der Waals surface area contributed by atoms with Crippen molar-refractivity contribution in [1.82, 2.24) is 0 Å². The number of nitrogens with zero attached hydrogens (tertiary/aromatic N) is 2. The first kappa shape index (κ1) is 26.4. The molecule has 0 aliphatic carbocycles. The molecular formula is C25H33FN4O2S. The number of anilines is 1. The Hall–Kier alpha value is -2.87. The maximum absolute atomic E-state index is 13.6. The van der Waals surface area contributed by atoms with Crippen LogP contribution in [0.15, 0.2) is 29.3 Å². The Bertz CT molecular complexity index is 1080. The van der Waals surface area contributed by atoms with E-state index in [-0.39, 0.29) is 23.9 Å². The fraction of sp³-hybridized carbons (Fsp3) is 0.440. The number of hydrogen-bond acceptors (Lipinski definition) is 6. The van der Waals surface area contributed by atoms with E-state index in [9.17, 15) is 9.18 Å². The molecular weight excluding hydrogens is 439 g/mol. The lowest BCUT2D eigenvalue weighted by Gasteiger charge is -2.25. The van der Waals surface area contributed by atoms with E-state index < -0.39 is 17.6 Å². The molecule has 2 aromatic rings. The molecule has 3 rings (SSSR count). The summed E-state index contributed by atoms with van der Waals surface area (Å²) < 4.78 is 19.0. The molecule has 0 spiro atoms. The summed E-state index contributed by atoms with van der Waals surface area (Å²) in [6.07, 6.45) is -0.127. The highest BCUT2D eigenvalue weighted by molar-refractivity contribution is 7.17. The monoisotopic (exact) mass is 472 g/mol. The topological polar surface area (TPSA) is 89.6 Å². The third-order valence-corrected chi connectivity index (χ3v) is 6.07. The highest BCUT2D eigenvalue weighted by atomic mass is 32.1. The Morgan fingerprint density at radius 1 is 1.21 bits per heavy atom. The van der Waals surface area contributed by atoms with Crippen molar-refractivity contribution in [1.29, 1.82) is 10.8 Å². The highest BCUT2D eigenvalue weighted by Crippen LogP contribution is 2.40. The SMILES string of the molecule is CC.CC(=N)N1C(=N)C(CC(=O)OC(C)(C)C)N=C(c2ccc(F)cc2)c2c1sc(C)c2C. The van der Waals surface area contributed by atoms with Gasteiger partial charge in [0.2, 0.25) is 0 Å². The molecule has 0 saturated heterocycles. The van der Waals surface area contributed by atoms with Gasteiger partial charge in [-0.15, -0.1) is 11.3 Å². The van der Waals surface area contributed by atoms with Crippen LogP contribution in [-0.2, 0) is 9.53 Å². The van der Waals surface area contributed by atoms with Gasteiger partial charge in [0.25, 0.3) is 0 Å². The number of aliphatic imine (C=N–C) groups is 1. The van der Waals surface area contributed by atoms with Gasteiger partial charge in [-0.05, 0) is 71.4 Å². The molecule has 1 unspecified atom stereocenters. The molecule has 178 valence electrons. The van der Waals surface area contributed by atoms with Gasteiger partial charge in [0.05, 0.1) is 12.1 Å². The molecule has 1 atom stereocenters. The summed E-state index contributed by atoms with van der Waals surface area (Å²) in [6.45, 7) is 14.9. The first-order valence-corrected chi connectivity index (χ1v) is 11.8. The number of rotatable bonds is 3. The van der Waals surface area contributed by atoms with Crippen molar-refractivity contribution in [3.8, 4) is 0 Å². The second-order valence-corrected chi connectivity index (χ2v) is 9.76. The van der Waals surface area contributed by atoms with Crippen LogP contribution in [0.4, 0.5) is 9.39 Å². The lowest BCUT2D eigenvalue weighted by molar-refractivity contribution is -0.154. The third-order valence-electron chi connectivity index (χ3n) is 4.88. The van der Waals surface area contributed by atoms with E-state index in [1.165, 1.54) is 28.4 Å². The molecule has 1 aromatic carbocycles. The first-order valence-electron chi connectivity index (χ1n) is 11.0. The molecule has 33 heavy (non-hydrogen) atoms. The molecule has 0 saturated carbocycles. The summed E-state index contributed by atoms with van der Waals surface area (Å²) in [5, 5.41) is 17.8. The fourth-order valence-electron chi connectivity index (χ4n) is 3.43. The number of nitrogens with one attached hydrogen (secondary N) is 2. The lowest BCUT2D eigenvalue weighted by atomic mass is 9.99. The number of fused-ring (bicyclic) bond motifs is 1. The van der Waals surface area contributed by atoms with Crippen LogP contribution < -0.4 is 4.90 Å². The number of esters is 1. The second kappa shape index (κ2) is 10.4. The molecule has 0 radical (unpaired) electrons. The number of amidine groups is 2. The van der Waals surface area contributed by atoms with Gasteiger partial charge in [-0.25, -0.2) is 4.39 Å². The van der Waals surface area contributed by atoms with Gasteiger partial charge >= 0.3 is 5.97 Å². The van der Waals surface area contributed by atoms with Gasteiger partial charge in [0.1, 0.15) is 34.1 Å². The van der Waals surface area contributed by atoms with E-state index in [1.807, 2.05) is 27.7 Å². The number of halogens is 1. The van der Waals surface area contributed by atoms with Gasteiger partial charge in [0, 0.05) is 16.0 Å². The van der Waals surface area contributed by atoms with E-state index in [1.54, 1.807) is 39.8 Å². The Kier molecular flexibility index (Phi) is 8.30. The zero-order valence-electron chi connectivity index (χ0n) is 20.6. The van der Waals surface area contributed by atoms with Crippen LogP contribution in [0.2, 0.25) is 0 Å². The van der Waals surface area contributed by atoms with Crippen molar-refractivity contribution in [2.45, 2.75) is 73.5 Å². The van der Waals surface area contributed by atoms with Crippen LogP contribution >= 0.6 is 11.3 Å². The number of carbonyl (C=O) groups is 1. The Labute approximate surface area is 199 Å². The third kappa shape index (κ3) is 5.93. The molecule has 1 aliphatic rings. The van der Waals surface area contributed by atoms with Crippen LogP contribution in [0.25, 0.3) is 0 Å². The summed E-state index contributed by atoms with van der Waals surface area (Å²) in [5.41, 5.74) is 2.41. The van der Waals surface area contributed by atoms with Gasteiger partial charge in [-0.3, -0.25) is 25.5 Å². The zero-order valence-corrected chi connectivity index (χ0v) is 21.4. The standard InChI is InChI=1S/C23H27FN4O2S.C2H6/c1-12-13(2)31-22-19(12)20(15-7-9-16(24)10-8-15)27-17(21(26)28(22)14(3)25)11-18(29)30-23(4,5)6;1-2/h7-10,17,25-26H,11H2,1-6H3;1-2H3. The molecule has 0 bridgehead atoms. The quantitative estimate of drug-likeness (QED) is 0.314. The van der Waals surface area contributed by atoms with Crippen molar-refractivity contribution in [3.63, 3.8) is 0 Å². The molecule has 1 aromatic heterocycles. The average Bonchev–Trinajstić information content (AvgIpc) is 2.93. The number of carbonyl (C=O) groups excluding carboxylic acids is 1. The molecule has 1 aliphatic heterocycles. The highest BCUT2D eigenvalue weighted by Gasteiger charge is 2.35. The molecule has 0 fully saturated rings. The summed E-state index contributed by atoms with van der Waals surface area (Å²) >= 11 is 1.48. The summed E-state index contributed by atoms with van der Waals surface area (Å²) in [4.78, 5) is 20.0. The van der Waals surface area contributed by atoms with Crippen LogP contribution in [0.1, 0.15) is 69.5 Å². The molecule has 6 nitrogen and oxygen atoms in total. The number of thiophene rings is 1. The predicted octanol–water partition coefficient (Wildman–Crippen LogP) is 6.26. The van der Waals surface area contributed by atoms with Gasteiger partial charge in [-0.2, -0.15) is 0 Å². The maximum atomic E-state index is 13.6. The Morgan fingerprint density at radius 3 is 2.30 bits per heavy atom. The molecule has 2 heterocycles. The minimum Gasteiger partial charge on any atom is -0.460 e. The first-order chi connectivity index (χ1) is 15.4. The van der Waals surface area contributed by atoms with E-state index in [0.717, 1.165) is 16.0 Å². The predicted molar refractivity (Wildman–Crippen MR) is 135 cm³/mol. The number of hydrogen-bond donors (Lipinski definition) is 2. The Morgan fingerprint density at radius 2 is 1.79 bits per heavy atom. The fourth-order valence-corrected chi connectivity index (χ4v) is 4.65. The summed E-state index contributed by atoms with van der Waals surface area (Å²) in [7, 11) is 0. The number of ether oxygens (including phenoxy) is 1. The number of benzene rings is 1. The summed E-state index contributed by atoms with van der Waals surface area (Å²) in [5.74, 6) is -0.619. The van der Waals surface area contributed by atoms with Crippen molar-refractivity contribution in [3.05, 3.63) is 51.7 Å². The van der Waals surface area contributed by atoms with Crippen molar-refractivity contribution >= 4 is 39.7 Å². The van der Waals surface area contributed by atoms with Gasteiger partial charge in [-0.1, -0.05) is 13.8 Å². The van der Waals surface area contributed by atoms with Crippen LogP contribution in [0.5, 0.6) is 0 Å². The normalized spacial score (nSPS) is 15.7. The minimum absolute atomic E-state index is 0.0398. The molecule has 0 amide bonds. The maximum Gasteiger partial charge on any atom is 0.308 e. The summed E-state index contributed by atoms with van der Waals surface area (Å²) in [6, 6.07) is 5.18. The average molecular weight is 473 g/mol. The smallest absolute Gasteiger partial charge is 0.308 e.